The van der Waals surface area contributed by atoms with Gasteiger partial charge in [-0.3, -0.25) is 4.79 Å². The Kier molecular flexibility index (Phi) is 6.52. The van der Waals surface area contributed by atoms with Crippen LogP contribution in [0.1, 0.15) is 45.7 Å². The molecule has 112 valence electrons. The minimum absolute atomic E-state index is 0.0905. The molecule has 0 saturated carbocycles. The summed E-state index contributed by atoms with van der Waals surface area (Å²) >= 11 is 0. The lowest BCUT2D eigenvalue weighted by Crippen LogP contribution is -2.40. The summed E-state index contributed by atoms with van der Waals surface area (Å²) in [6.45, 7) is 7.76. The van der Waals surface area contributed by atoms with E-state index in [2.05, 4.69) is 17.6 Å². The fourth-order valence-electron chi connectivity index (χ4n) is 2.10. The quantitative estimate of drug-likeness (QED) is 0.806. The number of hydrogen-bond acceptors (Lipinski definition) is 3. The molecule has 0 fully saturated rings. The summed E-state index contributed by atoms with van der Waals surface area (Å²) < 4.78 is 5.84. The molecule has 2 atom stereocenters. The molecule has 0 aromatic heterocycles. The largest absolute Gasteiger partial charge is 0.481 e. The summed E-state index contributed by atoms with van der Waals surface area (Å²) in [5, 5.41) is 6.12. The second-order valence-corrected chi connectivity index (χ2v) is 5.21. The van der Waals surface area contributed by atoms with E-state index in [4.69, 9.17) is 4.74 Å². The van der Waals surface area contributed by atoms with Crippen molar-refractivity contribution in [3.05, 3.63) is 29.8 Å². The first-order valence-corrected chi connectivity index (χ1v) is 7.22. The topological polar surface area (TPSA) is 50.4 Å². The summed E-state index contributed by atoms with van der Waals surface area (Å²) in [5.74, 6) is 0.674. The molecule has 20 heavy (non-hydrogen) atoms. The van der Waals surface area contributed by atoms with Gasteiger partial charge in [-0.25, -0.2) is 0 Å². The van der Waals surface area contributed by atoms with Gasteiger partial charge in [0, 0.05) is 17.6 Å². The van der Waals surface area contributed by atoms with Gasteiger partial charge >= 0.3 is 0 Å². The predicted molar refractivity (Wildman–Crippen MR) is 81.9 cm³/mol. The molecule has 4 nitrogen and oxygen atoms in total. The zero-order valence-corrected chi connectivity index (χ0v) is 13.1. The molecule has 0 spiro atoms. The van der Waals surface area contributed by atoms with Gasteiger partial charge in [0.15, 0.2) is 6.10 Å². The van der Waals surface area contributed by atoms with E-state index in [-0.39, 0.29) is 18.0 Å². The highest BCUT2D eigenvalue weighted by Gasteiger charge is 2.19. The third-order valence-electron chi connectivity index (χ3n) is 3.16. The molecule has 0 heterocycles. The van der Waals surface area contributed by atoms with E-state index in [1.807, 2.05) is 45.2 Å². The van der Waals surface area contributed by atoms with Crippen molar-refractivity contribution in [1.82, 2.24) is 10.6 Å². The van der Waals surface area contributed by atoms with Crippen LogP contribution in [-0.2, 0) is 4.79 Å². The van der Waals surface area contributed by atoms with Crippen molar-refractivity contribution in [3.63, 3.8) is 0 Å². The number of benzene rings is 1. The first-order valence-electron chi connectivity index (χ1n) is 7.22. The number of para-hydroxylation sites is 1. The van der Waals surface area contributed by atoms with Crippen LogP contribution in [0.3, 0.4) is 0 Å². The normalized spacial score (nSPS) is 13.9. The molecule has 0 saturated heterocycles. The molecule has 0 aliphatic heterocycles. The number of carbonyl (C=O) groups excluding carboxylic acids is 1. The van der Waals surface area contributed by atoms with Gasteiger partial charge in [-0.05, 0) is 40.3 Å². The standard InChI is InChI=1S/C16H26N2O2/c1-6-14(17-5)13-9-7-8-10-15(13)20-12(4)16(19)18-11(2)3/h7-12,14,17H,6H2,1-5H3,(H,18,19). The molecule has 4 heteroatoms. The van der Waals surface area contributed by atoms with Crippen LogP contribution in [0.15, 0.2) is 24.3 Å². The van der Waals surface area contributed by atoms with Crippen LogP contribution in [-0.4, -0.2) is 25.1 Å². The Labute approximate surface area is 121 Å². The van der Waals surface area contributed by atoms with Crippen LogP contribution in [0.4, 0.5) is 0 Å². The van der Waals surface area contributed by atoms with Gasteiger partial charge in [-0.15, -0.1) is 0 Å². The van der Waals surface area contributed by atoms with E-state index >= 15 is 0 Å². The molecule has 1 rings (SSSR count). The average Bonchev–Trinajstić information content (AvgIpc) is 2.41. The van der Waals surface area contributed by atoms with E-state index in [0.29, 0.717) is 0 Å². The van der Waals surface area contributed by atoms with Gasteiger partial charge in [0.05, 0.1) is 0 Å². The minimum Gasteiger partial charge on any atom is -0.481 e. The van der Waals surface area contributed by atoms with Crippen LogP contribution in [0.25, 0.3) is 0 Å². The second-order valence-electron chi connectivity index (χ2n) is 5.21. The van der Waals surface area contributed by atoms with Crippen molar-refractivity contribution in [1.29, 1.82) is 0 Å². The number of hydrogen-bond donors (Lipinski definition) is 2. The molecule has 0 radical (unpaired) electrons. The van der Waals surface area contributed by atoms with Crippen molar-refractivity contribution < 1.29 is 9.53 Å². The molecule has 0 bridgehead atoms. The minimum atomic E-state index is -0.507. The summed E-state index contributed by atoms with van der Waals surface area (Å²) in [4.78, 5) is 11.9. The highest BCUT2D eigenvalue weighted by molar-refractivity contribution is 5.80. The fraction of sp³-hybridized carbons (Fsp3) is 0.562. The van der Waals surface area contributed by atoms with Crippen LogP contribution in [0, 0.1) is 0 Å². The molecule has 1 aromatic rings. The Morgan fingerprint density at radius 3 is 2.45 bits per heavy atom. The van der Waals surface area contributed by atoms with Gasteiger partial charge in [0.25, 0.3) is 5.91 Å². The SMILES string of the molecule is CCC(NC)c1ccccc1OC(C)C(=O)NC(C)C. The predicted octanol–water partition coefficient (Wildman–Crippen LogP) is 2.65. The zero-order chi connectivity index (χ0) is 15.1. The Morgan fingerprint density at radius 2 is 1.90 bits per heavy atom. The smallest absolute Gasteiger partial charge is 0.260 e. The van der Waals surface area contributed by atoms with E-state index in [1.54, 1.807) is 6.92 Å². The van der Waals surface area contributed by atoms with E-state index < -0.39 is 6.10 Å². The molecule has 0 aliphatic rings. The Hall–Kier alpha value is -1.55. The molecule has 2 N–H and O–H groups in total. The Balaban J connectivity index is 2.84. The van der Waals surface area contributed by atoms with Crippen LogP contribution < -0.4 is 15.4 Å². The first kappa shape index (κ1) is 16.5. The maximum atomic E-state index is 11.9. The number of nitrogens with one attached hydrogen (secondary N) is 2. The molecule has 0 aliphatic carbocycles. The number of amides is 1. The number of carbonyl (C=O) groups is 1. The average molecular weight is 278 g/mol. The highest BCUT2D eigenvalue weighted by Crippen LogP contribution is 2.27. The second kappa shape index (κ2) is 7.90. The Morgan fingerprint density at radius 1 is 1.25 bits per heavy atom. The van der Waals surface area contributed by atoms with Crippen LogP contribution in [0.2, 0.25) is 0 Å². The maximum absolute atomic E-state index is 11.9. The molecular weight excluding hydrogens is 252 g/mol. The summed E-state index contributed by atoms with van der Waals surface area (Å²) in [6.07, 6.45) is 0.455. The van der Waals surface area contributed by atoms with Crippen molar-refractivity contribution in [3.8, 4) is 5.75 Å². The number of ether oxygens (including phenoxy) is 1. The van der Waals surface area contributed by atoms with Crippen molar-refractivity contribution in [2.45, 2.75) is 52.3 Å². The van der Waals surface area contributed by atoms with Gasteiger partial charge < -0.3 is 15.4 Å². The van der Waals surface area contributed by atoms with Crippen molar-refractivity contribution in [2.75, 3.05) is 7.05 Å². The van der Waals surface area contributed by atoms with Gasteiger partial charge in [0.2, 0.25) is 0 Å². The monoisotopic (exact) mass is 278 g/mol. The zero-order valence-electron chi connectivity index (χ0n) is 13.1. The van der Waals surface area contributed by atoms with Gasteiger partial charge in [0.1, 0.15) is 5.75 Å². The summed E-state index contributed by atoms with van der Waals surface area (Å²) in [7, 11) is 1.93. The fourth-order valence-corrected chi connectivity index (χ4v) is 2.10. The maximum Gasteiger partial charge on any atom is 0.260 e. The van der Waals surface area contributed by atoms with Gasteiger partial charge in [-0.1, -0.05) is 25.1 Å². The van der Waals surface area contributed by atoms with E-state index in [1.165, 1.54) is 0 Å². The summed E-state index contributed by atoms with van der Waals surface area (Å²) in [5.41, 5.74) is 1.08. The summed E-state index contributed by atoms with van der Waals surface area (Å²) in [6, 6.07) is 8.20. The van der Waals surface area contributed by atoms with Crippen molar-refractivity contribution >= 4 is 5.91 Å². The van der Waals surface area contributed by atoms with E-state index in [9.17, 15) is 4.79 Å². The van der Waals surface area contributed by atoms with Gasteiger partial charge in [-0.2, -0.15) is 0 Å². The Bertz CT molecular complexity index is 428. The van der Waals surface area contributed by atoms with E-state index in [0.717, 1.165) is 17.7 Å². The van der Waals surface area contributed by atoms with Crippen LogP contribution in [0.5, 0.6) is 5.75 Å². The third-order valence-corrected chi connectivity index (χ3v) is 3.16. The molecular formula is C16H26N2O2. The lowest BCUT2D eigenvalue weighted by Gasteiger charge is -2.22. The molecule has 1 amide bonds. The first-order chi connectivity index (χ1) is 9.49. The lowest BCUT2D eigenvalue weighted by atomic mass is 10.0. The van der Waals surface area contributed by atoms with Crippen molar-refractivity contribution in [2.24, 2.45) is 0 Å². The molecule has 2 unspecified atom stereocenters. The lowest BCUT2D eigenvalue weighted by molar-refractivity contribution is -0.127. The highest BCUT2D eigenvalue weighted by atomic mass is 16.5. The third kappa shape index (κ3) is 4.53. The van der Waals surface area contributed by atoms with Crippen LogP contribution >= 0.6 is 0 Å². The number of rotatable bonds is 7. The molecule has 1 aromatic carbocycles.